The van der Waals surface area contributed by atoms with Gasteiger partial charge in [0.2, 0.25) is 5.91 Å². The van der Waals surface area contributed by atoms with Crippen molar-refractivity contribution < 1.29 is 19.1 Å². The van der Waals surface area contributed by atoms with E-state index in [-0.39, 0.29) is 18.0 Å². The highest BCUT2D eigenvalue weighted by atomic mass is 16.6. The quantitative estimate of drug-likeness (QED) is 0.889. The van der Waals surface area contributed by atoms with Crippen molar-refractivity contribution in [3.63, 3.8) is 0 Å². The van der Waals surface area contributed by atoms with Gasteiger partial charge in [0.25, 0.3) is 0 Å². The summed E-state index contributed by atoms with van der Waals surface area (Å²) in [5.74, 6) is 0.846. The van der Waals surface area contributed by atoms with E-state index < -0.39 is 5.41 Å². The molecule has 1 saturated heterocycles. The summed E-state index contributed by atoms with van der Waals surface area (Å²) in [4.78, 5) is 26.4. The van der Waals surface area contributed by atoms with E-state index in [9.17, 15) is 9.59 Å². The van der Waals surface area contributed by atoms with Crippen LogP contribution >= 0.6 is 0 Å². The number of ether oxygens (including phenoxy) is 2. The minimum absolute atomic E-state index is 0.0755. The topological polar surface area (TPSA) is 67.9 Å². The van der Waals surface area contributed by atoms with Gasteiger partial charge in [-0.05, 0) is 38.7 Å². The maximum absolute atomic E-state index is 12.9. The first kappa shape index (κ1) is 17.6. The van der Waals surface area contributed by atoms with Gasteiger partial charge in [0.1, 0.15) is 5.75 Å². The Morgan fingerprint density at radius 1 is 1.24 bits per heavy atom. The molecule has 2 amide bonds. The number of nitrogens with one attached hydrogen (secondary N) is 1. The number of piperidine rings is 1. The number of nitrogens with zero attached hydrogens (tertiary/aromatic N) is 1. The van der Waals surface area contributed by atoms with Gasteiger partial charge in [-0.2, -0.15) is 0 Å². The van der Waals surface area contributed by atoms with E-state index in [2.05, 4.69) is 5.32 Å². The highest BCUT2D eigenvalue weighted by molar-refractivity contribution is 5.92. The molecule has 0 spiro atoms. The number of hydrogen-bond donors (Lipinski definition) is 1. The van der Waals surface area contributed by atoms with Gasteiger partial charge in [0.05, 0.1) is 19.1 Å². The third kappa shape index (κ3) is 3.57. The van der Waals surface area contributed by atoms with Crippen molar-refractivity contribution in [2.75, 3.05) is 26.8 Å². The third-order valence-electron chi connectivity index (χ3n) is 5.16. The molecule has 25 heavy (non-hydrogen) atoms. The first-order chi connectivity index (χ1) is 12.1. The minimum Gasteiger partial charge on any atom is -0.496 e. The summed E-state index contributed by atoms with van der Waals surface area (Å²) in [7, 11) is 1.64. The Morgan fingerprint density at radius 2 is 1.92 bits per heavy atom. The van der Waals surface area contributed by atoms with Crippen LogP contribution in [0.3, 0.4) is 0 Å². The zero-order valence-corrected chi connectivity index (χ0v) is 14.9. The van der Waals surface area contributed by atoms with Crippen LogP contribution in [0.5, 0.6) is 5.75 Å². The smallest absolute Gasteiger partial charge is 0.409 e. The Hall–Kier alpha value is -2.24. The van der Waals surface area contributed by atoms with Crippen LogP contribution in [0, 0.1) is 0 Å². The predicted octanol–water partition coefficient (Wildman–Crippen LogP) is 2.46. The molecule has 1 saturated carbocycles. The van der Waals surface area contributed by atoms with Gasteiger partial charge in [-0.25, -0.2) is 4.79 Å². The van der Waals surface area contributed by atoms with E-state index in [0.29, 0.717) is 19.7 Å². The van der Waals surface area contributed by atoms with Crippen LogP contribution in [0.4, 0.5) is 4.79 Å². The molecular formula is C19H26N2O4. The Kier molecular flexibility index (Phi) is 5.16. The Balaban J connectivity index is 1.59. The number of carbonyl (C=O) groups is 2. The Bertz CT molecular complexity index is 634. The van der Waals surface area contributed by atoms with Crippen molar-refractivity contribution in [3.8, 4) is 5.75 Å². The fourth-order valence-corrected chi connectivity index (χ4v) is 3.53. The maximum Gasteiger partial charge on any atom is 0.409 e. The summed E-state index contributed by atoms with van der Waals surface area (Å²) in [6, 6.07) is 7.85. The number of rotatable bonds is 5. The van der Waals surface area contributed by atoms with Gasteiger partial charge in [-0.15, -0.1) is 0 Å². The minimum atomic E-state index is -0.453. The van der Waals surface area contributed by atoms with Crippen LogP contribution in [-0.2, 0) is 14.9 Å². The van der Waals surface area contributed by atoms with Crippen molar-refractivity contribution >= 4 is 12.0 Å². The molecule has 1 aromatic carbocycles. The molecule has 0 radical (unpaired) electrons. The molecule has 0 unspecified atom stereocenters. The van der Waals surface area contributed by atoms with E-state index in [0.717, 1.165) is 37.0 Å². The molecular weight excluding hydrogens is 320 g/mol. The molecule has 2 fully saturated rings. The monoisotopic (exact) mass is 346 g/mol. The standard InChI is InChI=1S/C19H26N2O4/c1-3-25-18(23)21-12-8-14(9-13-21)20-17(22)19(10-11-19)15-6-4-5-7-16(15)24-2/h4-7,14H,3,8-13H2,1-2H3,(H,20,22). The molecule has 1 N–H and O–H groups in total. The lowest BCUT2D eigenvalue weighted by atomic mass is 9.93. The molecule has 3 rings (SSSR count). The molecule has 1 aromatic rings. The summed E-state index contributed by atoms with van der Waals surface area (Å²) >= 11 is 0. The summed E-state index contributed by atoms with van der Waals surface area (Å²) in [6.45, 7) is 3.42. The van der Waals surface area contributed by atoms with Crippen LogP contribution in [-0.4, -0.2) is 49.7 Å². The van der Waals surface area contributed by atoms with E-state index in [4.69, 9.17) is 9.47 Å². The first-order valence-corrected chi connectivity index (χ1v) is 8.97. The molecule has 0 aromatic heterocycles. The van der Waals surface area contributed by atoms with Crippen molar-refractivity contribution in [2.24, 2.45) is 0 Å². The average molecular weight is 346 g/mol. The van der Waals surface area contributed by atoms with Gasteiger partial charge in [-0.1, -0.05) is 18.2 Å². The van der Waals surface area contributed by atoms with Crippen LogP contribution < -0.4 is 10.1 Å². The van der Waals surface area contributed by atoms with Gasteiger partial charge in [-0.3, -0.25) is 4.79 Å². The SMILES string of the molecule is CCOC(=O)N1CCC(NC(=O)C2(c3ccccc3OC)CC2)CC1. The van der Waals surface area contributed by atoms with E-state index in [1.165, 1.54) is 0 Å². The molecule has 1 aliphatic carbocycles. The lowest BCUT2D eigenvalue weighted by Crippen LogP contribution is -2.49. The van der Waals surface area contributed by atoms with Crippen molar-refractivity contribution in [1.82, 2.24) is 10.2 Å². The van der Waals surface area contributed by atoms with Gasteiger partial charge in [0, 0.05) is 24.7 Å². The fourth-order valence-electron chi connectivity index (χ4n) is 3.53. The highest BCUT2D eigenvalue weighted by Crippen LogP contribution is 2.51. The average Bonchev–Trinajstić information content (AvgIpc) is 3.44. The maximum atomic E-state index is 12.9. The summed E-state index contributed by atoms with van der Waals surface area (Å²) in [6.07, 6.45) is 2.95. The van der Waals surface area contributed by atoms with Crippen molar-refractivity contribution in [3.05, 3.63) is 29.8 Å². The first-order valence-electron chi connectivity index (χ1n) is 8.97. The van der Waals surface area contributed by atoms with E-state index >= 15 is 0 Å². The second kappa shape index (κ2) is 7.33. The highest BCUT2D eigenvalue weighted by Gasteiger charge is 2.53. The predicted molar refractivity (Wildman–Crippen MR) is 93.7 cm³/mol. The second-order valence-corrected chi connectivity index (χ2v) is 6.72. The van der Waals surface area contributed by atoms with Crippen molar-refractivity contribution in [2.45, 2.75) is 44.1 Å². The number of para-hydroxylation sites is 1. The number of likely N-dealkylation sites (tertiary alicyclic amines) is 1. The summed E-state index contributed by atoms with van der Waals surface area (Å²) < 4.78 is 10.5. The number of carbonyl (C=O) groups excluding carboxylic acids is 2. The van der Waals surface area contributed by atoms with Crippen LogP contribution in [0.2, 0.25) is 0 Å². The number of hydrogen-bond acceptors (Lipinski definition) is 4. The molecule has 6 nitrogen and oxygen atoms in total. The normalized spacial score (nSPS) is 19.2. The van der Waals surface area contributed by atoms with Gasteiger partial charge < -0.3 is 19.7 Å². The Labute approximate surface area is 148 Å². The fraction of sp³-hybridized carbons (Fsp3) is 0.579. The number of amides is 2. The van der Waals surface area contributed by atoms with Crippen LogP contribution in [0.25, 0.3) is 0 Å². The molecule has 2 aliphatic rings. The molecule has 1 aliphatic heterocycles. The van der Waals surface area contributed by atoms with Crippen LogP contribution in [0.1, 0.15) is 38.2 Å². The summed E-state index contributed by atoms with van der Waals surface area (Å²) in [5.41, 5.74) is 0.518. The zero-order valence-electron chi connectivity index (χ0n) is 14.9. The largest absolute Gasteiger partial charge is 0.496 e. The molecule has 0 bridgehead atoms. The van der Waals surface area contributed by atoms with E-state index in [1.54, 1.807) is 18.9 Å². The molecule has 6 heteroatoms. The number of benzene rings is 1. The number of methoxy groups -OCH3 is 1. The van der Waals surface area contributed by atoms with Crippen molar-refractivity contribution in [1.29, 1.82) is 0 Å². The lowest BCUT2D eigenvalue weighted by Gasteiger charge is -2.32. The molecule has 136 valence electrons. The Morgan fingerprint density at radius 3 is 2.52 bits per heavy atom. The van der Waals surface area contributed by atoms with Gasteiger partial charge in [0.15, 0.2) is 0 Å². The van der Waals surface area contributed by atoms with Gasteiger partial charge >= 0.3 is 6.09 Å². The lowest BCUT2D eigenvalue weighted by molar-refractivity contribution is -0.124. The third-order valence-corrected chi connectivity index (χ3v) is 5.16. The van der Waals surface area contributed by atoms with Crippen LogP contribution in [0.15, 0.2) is 24.3 Å². The summed E-state index contributed by atoms with van der Waals surface area (Å²) in [5, 5.41) is 3.19. The zero-order chi connectivity index (χ0) is 17.9. The van der Waals surface area contributed by atoms with E-state index in [1.807, 2.05) is 24.3 Å². The second-order valence-electron chi connectivity index (χ2n) is 6.72. The molecule has 1 heterocycles. The molecule has 0 atom stereocenters.